The number of carbonyl (C=O) groups excluding carboxylic acids is 1. The Balaban J connectivity index is 1.49. The number of aromatic nitrogens is 5. The molecule has 3 heterocycles. The molecule has 3 aromatic heterocycles. The third kappa shape index (κ3) is 3.44. The van der Waals surface area contributed by atoms with E-state index >= 15 is 0 Å². The molecule has 0 fully saturated rings. The van der Waals surface area contributed by atoms with E-state index in [2.05, 4.69) is 25.1 Å². The zero-order chi connectivity index (χ0) is 21.5. The maximum atomic E-state index is 12.9. The summed E-state index contributed by atoms with van der Waals surface area (Å²) in [5.74, 6) is -0.239. The number of hydrogen-bond donors (Lipinski definition) is 1. The molecule has 5 aromatic rings. The van der Waals surface area contributed by atoms with Gasteiger partial charge in [0.15, 0.2) is 5.01 Å². The molecule has 0 aliphatic rings. The topological polar surface area (TPSA) is 115 Å². The number of nitrogens with zero attached hydrogens (tertiary/aromatic N) is 4. The lowest BCUT2D eigenvalue weighted by molar-refractivity contribution is 0.100. The van der Waals surface area contributed by atoms with Gasteiger partial charge >= 0.3 is 0 Å². The zero-order valence-corrected chi connectivity index (χ0v) is 17.4. The first kappa shape index (κ1) is 19.0. The number of aryl methyl sites for hydroxylation is 1. The minimum absolute atomic E-state index is 0.0162. The van der Waals surface area contributed by atoms with Crippen LogP contribution in [0.2, 0.25) is 0 Å². The van der Waals surface area contributed by atoms with Gasteiger partial charge in [0, 0.05) is 5.56 Å². The molecule has 0 aliphatic heterocycles. The van der Waals surface area contributed by atoms with E-state index in [0.717, 1.165) is 21.3 Å². The molecule has 0 unspecified atom stereocenters. The Bertz CT molecular complexity index is 1500. The number of fused-ring (bicyclic) bond motifs is 1. The highest BCUT2D eigenvalue weighted by Crippen LogP contribution is 2.29. The molecule has 0 amide bonds. The summed E-state index contributed by atoms with van der Waals surface area (Å²) in [6, 6.07) is 15.8. The molecule has 1 N–H and O–H groups in total. The number of nitrogens with one attached hydrogen (secondary N) is 1. The van der Waals surface area contributed by atoms with Crippen molar-refractivity contribution in [1.29, 1.82) is 0 Å². The molecular weight excluding hydrogens is 414 g/mol. The first-order valence-electron chi connectivity index (χ1n) is 9.42. The van der Waals surface area contributed by atoms with Crippen molar-refractivity contribution < 1.29 is 9.21 Å². The van der Waals surface area contributed by atoms with E-state index in [4.69, 9.17) is 4.42 Å². The molecule has 0 saturated carbocycles. The Kier molecular flexibility index (Phi) is 4.52. The van der Waals surface area contributed by atoms with Crippen molar-refractivity contribution in [2.45, 2.75) is 13.8 Å². The number of ketones is 1. The van der Waals surface area contributed by atoms with Crippen LogP contribution in [0.5, 0.6) is 0 Å². The second kappa shape index (κ2) is 7.37. The van der Waals surface area contributed by atoms with Crippen molar-refractivity contribution in [2.24, 2.45) is 0 Å². The summed E-state index contributed by atoms with van der Waals surface area (Å²) in [5, 5.41) is 8.01. The molecule has 0 bridgehead atoms. The van der Waals surface area contributed by atoms with Gasteiger partial charge in [-0.2, -0.15) is 0 Å². The molecule has 9 heteroatoms. The summed E-state index contributed by atoms with van der Waals surface area (Å²) >= 11 is 1.26. The maximum Gasteiger partial charge on any atom is 0.292 e. The average Bonchev–Trinajstić information content (AvgIpc) is 3.43. The van der Waals surface area contributed by atoms with Gasteiger partial charge in [0.2, 0.25) is 0 Å². The Morgan fingerprint density at radius 2 is 1.81 bits per heavy atom. The third-order valence-electron chi connectivity index (χ3n) is 4.78. The number of H-pyrrole nitrogens is 1. The fourth-order valence-electron chi connectivity index (χ4n) is 3.19. The second-order valence-electron chi connectivity index (χ2n) is 6.93. The summed E-state index contributed by atoms with van der Waals surface area (Å²) in [6.45, 7) is 3.25. The zero-order valence-electron chi connectivity index (χ0n) is 16.5. The molecule has 0 aliphatic carbocycles. The average molecular weight is 429 g/mol. The van der Waals surface area contributed by atoms with E-state index < -0.39 is 5.78 Å². The molecule has 0 atom stereocenters. The quantitative estimate of drug-likeness (QED) is 0.430. The first-order valence-corrected chi connectivity index (χ1v) is 10.2. The van der Waals surface area contributed by atoms with Gasteiger partial charge in [0.25, 0.3) is 23.1 Å². The van der Waals surface area contributed by atoms with E-state index in [1.54, 1.807) is 13.8 Å². The van der Waals surface area contributed by atoms with Gasteiger partial charge < -0.3 is 9.40 Å². The number of benzene rings is 2. The predicted octanol–water partition coefficient (Wildman–Crippen LogP) is 3.94. The normalized spacial score (nSPS) is 11.2. The predicted molar refractivity (Wildman–Crippen MR) is 116 cm³/mol. The van der Waals surface area contributed by atoms with Crippen LogP contribution in [0.3, 0.4) is 0 Å². The lowest BCUT2D eigenvalue weighted by atomic mass is 10.1. The summed E-state index contributed by atoms with van der Waals surface area (Å²) in [7, 11) is 0. The van der Waals surface area contributed by atoms with Crippen molar-refractivity contribution in [2.75, 3.05) is 0 Å². The molecular formula is C22H15N5O3S. The summed E-state index contributed by atoms with van der Waals surface area (Å²) in [4.78, 5) is 36.1. The lowest BCUT2D eigenvalue weighted by Gasteiger charge is -2.00. The molecule has 0 radical (unpaired) electrons. The Labute approximate surface area is 179 Å². The third-order valence-corrected chi connectivity index (χ3v) is 5.80. The minimum Gasteiger partial charge on any atom is -0.412 e. The van der Waals surface area contributed by atoms with Crippen molar-refractivity contribution in [1.82, 2.24) is 25.1 Å². The van der Waals surface area contributed by atoms with Crippen LogP contribution in [-0.4, -0.2) is 30.9 Å². The minimum atomic E-state index is -0.472. The number of thiazole rings is 1. The highest BCUT2D eigenvalue weighted by molar-refractivity contribution is 7.20. The van der Waals surface area contributed by atoms with E-state index in [0.29, 0.717) is 11.4 Å². The van der Waals surface area contributed by atoms with E-state index in [1.807, 2.05) is 48.5 Å². The van der Waals surface area contributed by atoms with Crippen LogP contribution >= 0.6 is 11.3 Å². The van der Waals surface area contributed by atoms with Crippen molar-refractivity contribution in [3.8, 4) is 22.7 Å². The van der Waals surface area contributed by atoms with E-state index in [9.17, 15) is 9.59 Å². The molecule has 31 heavy (non-hydrogen) atoms. The highest BCUT2D eigenvalue weighted by Gasteiger charge is 2.23. The van der Waals surface area contributed by atoms with Gasteiger partial charge in [-0.15, -0.1) is 21.5 Å². The molecule has 2 aromatic carbocycles. The van der Waals surface area contributed by atoms with Crippen LogP contribution < -0.4 is 5.56 Å². The fourth-order valence-corrected chi connectivity index (χ4v) is 4.12. The Hall–Kier alpha value is -3.98. The van der Waals surface area contributed by atoms with Gasteiger partial charge in [0.1, 0.15) is 11.5 Å². The SMILES string of the molecule is Cc1nc(-c2nnc(C(=O)c3nc4ccc(-c5ccccc5)cc4s3)o2)c(C)c(=O)[nH]1. The van der Waals surface area contributed by atoms with Crippen LogP contribution in [0.4, 0.5) is 0 Å². The highest BCUT2D eigenvalue weighted by atomic mass is 32.1. The molecule has 5 rings (SSSR count). The lowest BCUT2D eigenvalue weighted by Crippen LogP contribution is -2.14. The molecule has 152 valence electrons. The van der Waals surface area contributed by atoms with E-state index in [1.165, 1.54) is 11.3 Å². The van der Waals surface area contributed by atoms with Crippen LogP contribution in [0, 0.1) is 13.8 Å². The van der Waals surface area contributed by atoms with Crippen LogP contribution in [0.15, 0.2) is 57.7 Å². The van der Waals surface area contributed by atoms with Crippen LogP contribution in [-0.2, 0) is 0 Å². The smallest absolute Gasteiger partial charge is 0.292 e. The summed E-state index contributed by atoms with van der Waals surface area (Å²) < 4.78 is 6.43. The maximum absolute atomic E-state index is 12.9. The number of aromatic amines is 1. The van der Waals surface area contributed by atoms with Crippen molar-refractivity contribution >= 4 is 27.3 Å². The summed E-state index contributed by atoms with van der Waals surface area (Å²) in [6.07, 6.45) is 0. The number of carbonyl (C=O) groups is 1. The van der Waals surface area contributed by atoms with E-state index in [-0.39, 0.29) is 28.0 Å². The van der Waals surface area contributed by atoms with Crippen LogP contribution in [0.25, 0.3) is 32.9 Å². The summed E-state index contributed by atoms with van der Waals surface area (Å²) in [5.41, 5.74) is 3.14. The fraction of sp³-hybridized carbons (Fsp3) is 0.0909. The van der Waals surface area contributed by atoms with Gasteiger partial charge in [-0.3, -0.25) is 9.59 Å². The van der Waals surface area contributed by atoms with Gasteiger partial charge in [-0.1, -0.05) is 36.4 Å². The van der Waals surface area contributed by atoms with Crippen LogP contribution in [0.1, 0.15) is 27.1 Å². The van der Waals surface area contributed by atoms with Gasteiger partial charge in [-0.25, -0.2) is 9.97 Å². The van der Waals surface area contributed by atoms with Crippen molar-refractivity contribution in [3.05, 3.63) is 81.2 Å². The Morgan fingerprint density at radius 3 is 2.61 bits per heavy atom. The van der Waals surface area contributed by atoms with Gasteiger partial charge in [-0.05, 0) is 37.1 Å². The Morgan fingerprint density at radius 1 is 1.00 bits per heavy atom. The van der Waals surface area contributed by atoms with Gasteiger partial charge in [0.05, 0.1) is 10.2 Å². The molecule has 0 spiro atoms. The second-order valence-corrected chi connectivity index (χ2v) is 7.96. The monoisotopic (exact) mass is 429 g/mol. The number of rotatable bonds is 4. The first-order chi connectivity index (χ1) is 15.0. The molecule has 8 nitrogen and oxygen atoms in total. The largest absolute Gasteiger partial charge is 0.412 e. The van der Waals surface area contributed by atoms with Crippen molar-refractivity contribution in [3.63, 3.8) is 0 Å². The molecule has 0 saturated heterocycles. The standard InChI is InChI=1S/C22H15N5O3S/c1-11-17(23-12(2)24-19(11)29)20-26-27-21(30-20)18(28)22-25-15-9-8-14(10-16(15)31-22)13-6-4-3-5-7-13/h3-10H,1-2H3,(H,23,24,29). The number of hydrogen-bond acceptors (Lipinski definition) is 8.